The summed E-state index contributed by atoms with van der Waals surface area (Å²) in [5.41, 5.74) is 2.07. The highest BCUT2D eigenvalue weighted by Crippen LogP contribution is 2.22. The lowest BCUT2D eigenvalue weighted by Crippen LogP contribution is -2.45. The minimum atomic E-state index is 0.0648. The quantitative estimate of drug-likeness (QED) is 0.663. The van der Waals surface area contributed by atoms with Crippen molar-refractivity contribution in [2.24, 2.45) is 0 Å². The van der Waals surface area contributed by atoms with E-state index in [9.17, 15) is 4.79 Å². The Balaban J connectivity index is 1.64. The first-order valence-corrected chi connectivity index (χ1v) is 8.83. The number of nitrogens with two attached hydrogens (primary N) is 1. The molecule has 1 unspecified atom stereocenters. The SMILES string of the molecule is Cc1ccc(-c2nnc(SCC(=O)N3CCOC(C)C3)n2N)cc1. The summed E-state index contributed by atoms with van der Waals surface area (Å²) in [5.74, 6) is 7.03. The predicted molar refractivity (Wildman–Crippen MR) is 93.1 cm³/mol. The van der Waals surface area contributed by atoms with Crippen molar-refractivity contribution in [3.05, 3.63) is 29.8 Å². The normalized spacial score (nSPS) is 17.9. The third kappa shape index (κ3) is 3.70. The predicted octanol–water partition coefficient (Wildman–Crippen LogP) is 1.31. The lowest BCUT2D eigenvalue weighted by molar-refractivity contribution is -0.135. The molecule has 1 aliphatic heterocycles. The van der Waals surface area contributed by atoms with Gasteiger partial charge in [0.2, 0.25) is 11.1 Å². The van der Waals surface area contributed by atoms with Gasteiger partial charge in [0.05, 0.1) is 18.5 Å². The summed E-state index contributed by atoms with van der Waals surface area (Å²) < 4.78 is 6.89. The highest BCUT2D eigenvalue weighted by molar-refractivity contribution is 7.99. The number of amides is 1. The molecule has 7 nitrogen and oxygen atoms in total. The van der Waals surface area contributed by atoms with Crippen molar-refractivity contribution >= 4 is 17.7 Å². The third-order valence-electron chi connectivity index (χ3n) is 3.89. The van der Waals surface area contributed by atoms with Gasteiger partial charge in [0.15, 0.2) is 5.82 Å². The maximum absolute atomic E-state index is 12.3. The zero-order valence-electron chi connectivity index (χ0n) is 13.8. The molecule has 8 heteroatoms. The van der Waals surface area contributed by atoms with Gasteiger partial charge in [-0.25, -0.2) is 4.68 Å². The second-order valence-electron chi connectivity index (χ2n) is 5.85. The average molecular weight is 347 g/mol. The minimum Gasteiger partial charge on any atom is -0.375 e. The molecule has 0 aliphatic carbocycles. The molecular formula is C16H21N5O2S. The van der Waals surface area contributed by atoms with Crippen molar-refractivity contribution in [1.82, 2.24) is 19.8 Å². The van der Waals surface area contributed by atoms with Crippen LogP contribution >= 0.6 is 11.8 Å². The fourth-order valence-electron chi connectivity index (χ4n) is 2.54. The second-order valence-corrected chi connectivity index (χ2v) is 6.79. The van der Waals surface area contributed by atoms with Crippen LogP contribution < -0.4 is 5.84 Å². The summed E-state index contributed by atoms with van der Waals surface area (Å²) in [6, 6.07) is 7.91. The molecule has 0 saturated carbocycles. The first kappa shape index (κ1) is 16.8. The van der Waals surface area contributed by atoms with E-state index in [1.54, 1.807) is 0 Å². The van der Waals surface area contributed by atoms with Crippen molar-refractivity contribution in [2.45, 2.75) is 25.1 Å². The number of thioether (sulfide) groups is 1. The van der Waals surface area contributed by atoms with Gasteiger partial charge in [-0.15, -0.1) is 10.2 Å². The van der Waals surface area contributed by atoms with Crippen molar-refractivity contribution < 1.29 is 9.53 Å². The summed E-state index contributed by atoms with van der Waals surface area (Å²) in [7, 11) is 0. The molecule has 1 aromatic carbocycles. The van der Waals surface area contributed by atoms with Gasteiger partial charge in [-0.2, -0.15) is 0 Å². The molecule has 2 N–H and O–H groups in total. The Bertz CT molecular complexity index is 716. The molecule has 0 spiro atoms. The van der Waals surface area contributed by atoms with Crippen LogP contribution in [-0.2, 0) is 9.53 Å². The summed E-state index contributed by atoms with van der Waals surface area (Å²) >= 11 is 1.30. The van der Waals surface area contributed by atoms with Gasteiger partial charge in [0, 0.05) is 18.7 Å². The molecule has 0 radical (unpaired) electrons. The molecule has 2 aromatic rings. The molecule has 24 heavy (non-hydrogen) atoms. The van der Waals surface area contributed by atoms with Crippen LogP contribution in [0.2, 0.25) is 0 Å². The fraction of sp³-hybridized carbons (Fsp3) is 0.438. The summed E-state index contributed by atoms with van der Waals surface area (Å²) in [6.45, 7) is 5.84. The average Bonchev–Trinajstić information content (AvgIpc) is 2.94. The van der Waals surface area contributed by atoms with E-state index in [4.69, 9.17) is 10.6 Å². The number of ether oxygens (including phenoxy) is 1. The topological polar surface area (TPSA) is 86.3 Å². The van der Waals surface area contributed by atoms with Gasteiger partial charge >= 0.3 is 0 Å². The number of nitrogen functional groups attached to an aromatic ring is 1. The maximum atomic E-state index is 12.3. The van der Waals surface area contributed by atoms with E-state index in [0.717, 1.165) is 5.56 Å². The van der Waals surface area contributed by atoms with Crippen LogP contribution in [0.1, 0.15) is 12.5 Å². The van der Waals surface area contributed by atoms with Gasteiger partial charge in [0.1, 0.15) is 0 Å². The number of rotatable bonds is 4. The molecule has 2 heterocycles. The second kappa shape index (κ2) is 7.23. The van der Waals surface area contributed by atoms with Gasteiger partial charge in [-0.1, -0.05) is 41.6 Å². The number of carbonyl (C=O) groups excluding carboxylic acids is 1. The van der Waals surface area contributed by atoms with Crippen molar-refractivity contribution in [2.75, 3.05) is 31.3 Å². The van der Waals surface area contributed by atoms with E-state index < -0.39 is 0 Å². The summed E-state index contributed by atoms with van der Waals surface area (Å²) in [5, 5.41) is 8.77. The molecule has 0 bridgehead atoms. The number of hydrogen-bond donors (Lipinski definition) is 1. The first-order valence-electron chi connectivity index (χ1n) is 7.84. The molecular weight excluding hydrogens is 326 g/mol. The van der Waals surface area contributed by atoms with Crippen LogP contribution in [-0.4, -0.2) is 57.2 Å². The zero-order chi connectivity index (χ0) is 17.1. The Morgan fingerprint density at radius 3 is 2.83 bits per heavy atom. The Kier molecular flexibility index (Phi) is 5.06. The van der Waals surface area contributed by atoms with Crippen LogP contribution in [0.25, 0.3) is 11.4 Å². The van der Waals surface area contributed by atoms with Crippen LogP contribution in [0, 0.1) is 6.92 Å². The third-order valence-corrected chi connectivity index (χ3v) is 4.82. The summed E-state index contributed by atoms with van der Waals surface area (Å²) in [6.07, 6.45) is 0.0824. The van der Waals surface area contributed by atoms with Crippen LogP contribution in [0.3, 0.4) is 0 Å². The van der Waals surface area contributed by atoms with Gasteiger partial charge in [-0.05, 0) is 13.8 Å². The Morgan fingerprint density at radius 2 is 2.12 bits per heavy atom. The monoisotopic (exact) mass is 347 g/mol. The number of nitrogens with zero attached hydrogens (tertiary/aromatic N) is 4. The number of aryl methyl sites for hydroxylation is 1. The van der Waals surface area contributed by atoms with E-state index in [1.165, 1.54) is 22.0 Å². The molecule has 1 aromatic heterocycles. The van der Waals surface area contributed by atoms with Crippen LogP contribution in [0.5, 0.6) is 0 Å². The van der Waals surface area contributed by atoms with Crippen LogP contribution in [0.15, 0.2) is 29.4 Å². The Labute approximate surface area is 145 Å². The Morgan fingerprint density at radius 1 is 1.38 bits per heavy atom. The lowest BCUT2D eigenvalue weighted by atomic mass is 10.1. The zero-order valence-corrected chi connectivity index (χ0v) is 14.6. The number of benzene rings is 1. The number of carbonyl (C=O) groups is 1. The lowest BCUT2D eigenvalue weighted by Gasteiger charge is -2.31. The summed E-state index contributed by atoms with van der Waals surface area (Å²) in [4.78, 5) is 14.1. The number of aromatic nitrogens is 3. The van der Waals surface area contributed by atoms with E-state index in [2.05, 4.69) is 10.2 Å². The van der Waals surface area contributed by atoms with E-state index in [0.29, 0.717) is 30.7 Å². The Hall–Kier alpha value is -2.06. The highest BCUT2D eigenvalue weighted by Gasteiger charge is 2.22. The van der Waals surface area contributed by atoms with Crippen molar-refractivity contribution in [1.29, 1.82) is 0 Å². The molecule has 128 valence electrons. The van der Waals surface area contributed by atoms with Gasteiger partial charge in [-0.3, -0.25) is 4.79 Å². The smallest absolute Gasteiger partial charge is 0.233 e. The number of morpholine rings is 1. The largest absolute Gasteiger partial charge is 0.375 e. The van der Waals surface area contributed by atoms with E-state index in [-0.39, 0.29) is 17.8 Å². The first-order chi connectivity index (χ1) is 11.5. The molecule has 1 aliphatic rings. The van der Waals surface area contributed by atoms with Crippen LogP contribution in [0.4, 0.5) is 0 Å². The van der Waals surface area contributed by atoms with E-state index in [1.807, 2.05) is 43.0 Å². The van der Waals surface area contributed by atoms with Gasteiger partial charge < -0.3 is 15.5 Å². The molecule has 3 rings (SSSR count). The van der Waals surface area contributed by atoms with Gasteiger partial charge in [0.25, 0.3) is 0 Å². The molecule has 1 atom stereocenters. The fourth-order valence-corrected chi connectivity index (χ4v) is 3.30. The maximum Gasteiger partial charge on any atom is 0.233 e. The standard InChI is InChI=1S/C16H21N5O2S/c1-11-3-5-13(6-4-11)15-18-19-16(21(15)17)24-10-14(22)20-7-8-23-12(2)9-20/h3-6,12H,7-10,17H2,1-2H3. The highest BCUT2D eigenvalue weighted by atomic mass is 32.2. The molecule has 1 fully saturated rings. The molecule has 1 saturated heterocycles. The van der Waals surface area contributed by atoms with Crippen molar-refractivity contribution in [3.63, 3.8) is 0 Å². The number of hydrogen-bond acceptors (Lipinski definition) is 6. The molecule has 1 amide bonds. The van der Waals surface area contributed by atoms with Crippen molar-refractivity contribution in [3.8, 4) is 11.4 Å². The van der Waals surface area contributed by atoms with E-state index >= 15 is 0 Å². The minimum absolute atomic E-state index is 0.0648.